The summed E-state index contributed by atoms with van der Waals surface area (Å²) >= 11 is 0. The van der Waals surface area contributed by atoms with Crippen LogP contribution >= 0.6 is 0 Å². The third-order valence-corrected chi connectivity index (χ3v) is 3.19. The molecule has 0 amide bonds. The fraction of sp³-hybridized carbons (Fsp3) is 0.818. The van der Waals surface area contributed by atoms with E-state index < -0.39 is 0 Å². The highest BCUT2D eigenvalue weighted by Gasteiger charge is 2.28. The molecule has 0 bridgehead atoms. The van der Waals surface area contributed by atoms with Crippen molar-refractivity contribution in [1.82, 2.24) is 20.1 Å². The molecule has 1 fully saturated rings. The summed E-state index contributed by atoms with van der Waals surface area (Å²) < 4.78 is 1.95. The summed E-state index contributed by atoms with van der Waals surface area (Å²) in [4.78, 5) is 4.65. The van der Waals surface area contributed by atoms with Crippen LogP contribution in [0.2, 0.25) is 0 Å². The molecule has 2 atom stereocenters. The first-order valence-corrected chi connectivity index (χ1v) is 5.73. The maximum Gasteiger partial charge on any atom is 0.153 e. The molecule has 0 saturated carbocycles. The van der Waals surface area contributed by atoms with Gasteiger partial charge in [-0.25, -0.2) is 4.98 Å². The van der Waals surface area contributed by atoms with E-state index in [4.69, 9.17) is 0 Å². The summed E-state index contributed by atoms with van der Waals surface area (Å²) in [5, 5.41) is 7.92. The second-order valence-corrected chi connectivity index (χ2v) is 4.74. The van der Waals surface area contributed by atoms with Gasteiger partial charge in [-0.1, -0.05) is 13.8 Å². The predicted molar refractivity (Wildman–Crippen MR) is 59.9 cm³/mol. The fourth-order valence-corrected chi connectivity index (χ4v) is 2.20. The van der Waals surface area contributed by atoms with Crippen LogP contribution in [0.1, 0.15) is 50.7 Å². The van der Waals surface area contributed by atoms with Crippen molar-refractivity contribution < 1.29 is 0 Å². The number of hydrogen-bond acceptors (Lipinski definition) is 3. The molecule has 1 aliphatic heterocycles. The van der Waals surface area contributed by atoms with Gasteiger partial charge in [0.15, 0.2) is 5.82 Å². The number of nitrogens with zero attached hydrogens (tertiary/aromatic N) is 3. The van der Waals surface area contributed by atoms with Crippen LogP contribution in [0.4, 0.5) is 0 Å². The van der Waals surface area contributed by atoms with Crippen molar-refractivity contribution in [3.8, 4) is 0 Å². The summed E-state index contributed by atoms with van der Waals surface area (Å²) in [6.45, 7) is 7.59. The SMILES string of the molecule is CC(C)c1nc(C2CCNC2C)n(C)n1. The molecule has 2 rings (SSSR count). The number of aryl methyl sites for hydroxylation is 1. The summed E-state index contributed by atoms with van der Waals surface area (Å²) in [6, 6.07) is 0.521. The van der Waals surface area contributed by atoms with E-state index in [1.807, 2.05) is 11.7 Å². The van der Waals surface area contributed by atoms with Crippen molar-refractivity contribution in [2.45, 2.75) is 45.1 Å². The fourth-order valence-electron chi connectivity index (χ4n) is 2.20. The first-order chi connectivity index (χ1) is 7.09. The molecule has 0 spiro atoms. The maximum absolute atomic E-state index is 4.65. The van der Waals surface area contributed by atoms with Gasteiger partial charge in [-0.2, -0.15) is 5.10 Å². The van der Waals surface area contributed by atoms with E-state index in [2.05, 4.69) is 36.2 Å². The van der Waals surface area contributed by atoms with Gasteiger partial charge in [0.25, 0.3) is 0 Å². The van der Waals surface area contributed by atoms with Crippen molar-refractivity contribution in [2.75, 3.05) is 6.54 Å². The molecule has 15 heavy (non-hydrogen) atoms. The molecule has 1 aromatic heterocycles. The van der Waals surface area contributed by atoms with Gasteiger partial charge in [0.2, 0.25) is 0 Å². The molecule has 1 saturated heterocycles. The Labute approximate surface area is 91.1 Å². The summed E-state index contributed by atoms with van der Waals surface area (Å²) in [5.41, 5.74) is 0. The topological polar surface area (TPSA) is 42.7 Å². The highest BCUT2D eigenvalue weighted by atomic mass is 15.3. The number of nitrogens with one attached hydrogen (secondary N) is 1. The van der Waals surface area contributed by atoms with Crippen molar-refractivity contribution in [3.63, 3.8) is 0 Å². The third-order valence-electron chi connectivity index (χ3n) is 3.19. The zero-order valence-electron chi connectivity index (χ0n) is 9.99. The quantitative estimate of drug-likeness (QED) is 0.799. The van der Waals surface area contributed by atoms with Crippen molar-refractivity contribution in [2.24, 2.45) is 7.05 Å². The van der Waals surface area contributed by atoms with E-state index in [-0.39, 0.29) is 0 Å². The van der Waals surface area contributed by atoms with E-state index in [0.717, 1.165) is 18.2 Å². The molecule has 2 heterocycles. The minimum absolute atomic E-state index is 0.412. The second kappa shape index (κ2) is 3.93. The highest BCUT2D eigenvalue weighted by Crippen LogP contribution is 2.26. The van der Waals surface area contributed by atoms with Crippen LogP contribution in [0.15, 0.2) is 0 Å². The largest absolute Gasteiger partial charge is 0.314 e. The van der Waals surface area contributed by atoms with Gasteiger partial charge in [0.05, 0.1) is 0 Å². The molecule has 0 radical (unpaired) electrons. The molecular formula is C11H20N4. The Hall–Kier alpha value is -0.900. The van der Waals surface area contributed by atoms with E-state index in [1.54, 1.807) is 0 Å². The Morgan fingerprint density at radius 2 is 2.20 bits per heavy atom. The van der Waals surface area contributed by atoms with Crippen LogP contribution in [0.25, 0.3) is 0 Å². The Morgan fingerprint density at radius 1 is 1.47 bits per heavy atom. The Morgan fingerprint density at radius 3 is 2.67 bits per heavy atom. The number of rotatable bonds is 2. The molecule has 0 aliphatic carbocycles. The van der Waals surface area contributed by atoms with Gasteiger partial charge in [-0.05, 0) is 19.9 Å². The summed E-state index contributed by atoms with van der Waals surface area (Å²) in [5.74, 6) is 3.03. The molecule has 1 N–H and O–H groups in total. The van der Waals surface area contributed by atoms with Crippen molar-refractivity contribution in [1.29, 1.82) is 0 Å². The average molecular weight is 208 g/mol. The Kier molecular flexibility index (Phi) is 2.78. The zero-order chi connectivity index (χ0) is 11.0. The molecule has 4 heteroatoms. The molecule has 2 unspecified atom stereocenters. The minimum atomic E-state index is 0.412. The summed E-state index contributed by atoms with van der Waals surface area (Å²) in [7, 11) is 2.00. The second-order valence-electron chi connectivity index (χ2n) is 4.74. The monoisotopic (exact) mass is 208 g/mol. The van der Waals surface area contributed by atoms with Gasteiger partial charge in [0, 0.05) is 24.9 Å². The van der Waals surface area contributed by atoms with Gasteiger partial charge >= 0.3 is 0 Å². The molecule has 0 aromatic carbocycles. The van der Waals surface area contributed by atoms with Crippen molar-refractivity contribution >= 4 is 0 Å². The first kappa shape index (κ1) is 10.6. The molecule has 84 valence electrons. The van der Waals surface area contributed by atoms with Crippen LogP contribution in [0.3, 0.4) is 0 Å². The predicted octanol–water partition coefficient (Wildman–Crippen LogP) is 1.40. The highest BCUT2D eigenvalue weighted by molar-refractivity contribution is 5.07. The summed E-state index contributed by atoms with van der Waals surface area (Å²) in [6.07, 6.45) is 1.17. The van der Waals surface area contributed by atoms with Crippen molar-refractivity contribution in [3.05, 3.63) is 11.6 Å². The van der Waals surface area contributed by atoms with Gasteiger partial charge in [-0.3, -0.25) is 4.68 Å². The lowest BCUT2D eigenvalue weighted by Gasteiger charge is -2.13. The van der Waals surface area contributed by atoms with Gasteiger partial charge < -0.3 is 5.32 Å². The van der Waals surface area contributed by atoms with Crippen LogP contribution in [-0.4, -0.2) is 27.4 Å². The van der Waals surface area contributed by atoms with Crippen LogP contribution < -0.4 is 5.32 Å². The van der Waals surface area contributed by atoms with E-state index in [9.17, 15) is 0 Å². The molecular weight excluding hydrogens is 188 g/mol. The first-order valence-electron chi connectivity index (χ1n) is 5.73. The van der Waals surface area contributed by atoms with E-state index in [1.165, 1.54) is 6.42 Å². The third kappa shape index (κ3) is 1.91. The number of hydrogen-bond donors (Lipinski definition) is 1. The Balaban J connectivity index is 2.27. The standard InChI is InChI=1S/C11H20N4/c1-7(2)10-13-11(15(4)14-10)9-5-6-12-8(9)3/h7-9,12H,5-6H2,1-4H3. The lowest BCUT2D eigenvalue weighted by Crippen LogP contribution is -2.23. The zero-order valence-corrected chi connectivity index (χ0v) is 9.99. The van der Waals surface area contributed by atoms with Gasteiger partial charge in [-0.15, -0.1) is 0 Å². The van der Waals surface area contributed by atoms with Crippen LogP contribution in [0, 0.1) is 0 Å². The van der Waals surface area contributed by atoms with Crippen LogP contribution in [-0.2, 0) is 7.05 Å². The van der Waals surface area contributed by atoms with E-state index >= 15 is 0 Å². The maximum atomic E-state index is 4.65. The van der Waals surface area contributed by atoms with Crippen LogP contribution in [0.5, 0.6) is 0 Å². The normalized spacial score (nSPS) is 26.5. The smallest absolute Gasteiger partial charge is 0.153 e. The molecule has 4 nitrogen and oxygen atoms in total. The molecule has 1 aliphatic rings. The van der Waals surface area contributed by atoms with Gasteiger partial charge in [0.1, 0.15) is 5.82 Å². The lowest BCUT2D eigenvalue weighted by molar-refractivity contribution is 0.537. The van der Waals surface area contributed by atoms with E-state index in [0.29, 0.717) is 17.9 Å². The lowest BCUT2D eigenvalue weighted by atomic mass is 10.0. The minimum Gasteiger partial charge on any atom is -0.314 e. The molecule has 1 aromatic rings. The average Bonchev–Trinajstić information content (AvgIpc) is 2.71. The Bertz CT molecular complexity index is 342. The number of aromatic nitrogens is 3.